The number of benzene rings is 1. The van der Waals surface area contributed by atoms with Crippen molar-refractivity contribution in [3.63, 3.8) is 0 Å². The molecule has 2 aromatic rings. The van der Waals surface area contributed by atoms with Crippen LogP contribution in [0.3, 0.4) is 0 Å². The molecule has 72 valence electrons. The summed E-state index contributed by atoms with van der Waals surface area (Å²) in [7, 11) is 0. The molecule has 1 aromatic heterocycles. The molecule has 0 fully saturated rings. The van der Waals surface area contributed by atoms with Crippen LogP contribution >= 0.6 is 15.9 Å². The third kappa shape index (κ3) is 1.80. The molecule has 0 radical (unpaired) electrons. The lowest BCUT2D eigenvalue weighted by molar-refractivity contribution is 0.459. The summed E-state index contributed by atoms with van der Waals surface area (Å²) in [4.78, 5) is 0. The molecule has 1 N–H and O–H groups in total. The number of anilines is 1. The average molecular weight is 253 g/mol. The van der Waals surface area contributed by atoms with Gasteiger partial charge < -0.3 is 9.84 Å². The van der Waals surface area contributed by atoms with Crippen molar-refractivity contribution in [2.75, 3.05) is 11.9 Å². The Labute approximate surface area is 89.9 Å². The summed E-state index contributed by atoms with van der Waals surface area (Å²) >= 11 is 3.27. The Kier molecular flexibility index (Phi) is 2.54. The first-order chi connectivity index (χ1) is 6.77. The van der Waals surface area contributed by atoms with Crippen LogP contribution in [0.2, 0.25) is 0 Å². The van der Waals surface area contributed by atoms with Crippen molar-refractivity contribution in [1.82, 2.24) is 5.16 Å². The number of nitrogens with zero attached hydrogens (tertiary/aromatic N) is 1. The number of nitrogens with one attached hydrogen (secondary N) is 1. The zero-order chi connectivity index (χ0) is 9.97. The van der Waals surface area contributed by atoms with Crippen molar-refractivity contribution in [1.29, 1.82) is 0 Å². The fourth-order valence-electron chi connectivity index (χ4n) is 1.19. The predicted molar refractivity (Wildman–Crippen MR) is 60.6 cm³/mol. The Morgan fingerprint density at radius 3 is 3.07 bits per heavy atom. The monoisotopic (exact) mass is 252 g/mol. The molecule has 0 spiro atoms. The van der Waals surface area contributed by atoms with E-state index in [2.05, 4.69) is 33.0 Å². The quantitative estimate of drug-likeness (QED) is 0.913. The van der Waals surface area contributed by atoms with E-state index in [0.29, 0.717) is 6.54 Å². The lowest BCUT2D eigenvalue weighted by Gasteiger charge is -1.99. The Balaban J connectivity index is 2.29. The molecule has 1 heterocycles. The van der Waals surface area contributed by atoms with E-state index in [0.717, 1.165) is 21.3 Å². The average Bonchev–Trinajstić information content (AvgIpc) is 2.58. The van der Waals surface area contributed by atoms with Gasteiger partial charge in [0.1, 0.15) is 0 Å². The highest BCUT2D eigenvalue weighted by atomic mass is 79.9. The van der Waals surface area contributed by atoms with Gasteiger partial charge in [-0.15, -0.1) is 0 Å². The van der Waals surface area contributed by atoms with Crippen LogP contribution in [0.5, 0.6) is 0 Å². The summed E-state index contributed by atoms with van der Waals surface area (Å²) in [6.07, 6.45) is 0. The zero-order valence-corrected chi connectivity index (χ0v) is 9.04. The fourth-order valence-corrected chi connectivity index (χ4v) is 1.33. The van der Waals surface area contributed by atoms with Gasteiger partial charge in [0.15, 0.2) is 11.4 Å². The van der Waals surface area contributed by atoms with Crippen LogP contribution in [0.25, 0.3) is 11.0 Å². The molecule has 0 unspecified atom stereocenters. The van der Waals surface area contributed by atoms with Crippen molar-refractivity contribution in [2.45, 2.75) is 0 Å². The lowest BCUT2D eigenvalue weighted by Crippen LogP contribution is -2.00. The number of hydrogen-bond donors (Lipinski definition) is 1. The molecule has 4 heteroatoms. The summed E-state index contributed by atoms with van der Waals surface area (Å²) < 4.78 is 6.00. The van der Waals surface area contributed by atoms with Crippen molar-refractivity contribution < 1.29 is 4.52 Å². The van der Waals surface area contributed by atoms with Gasteiger partial charge in [0.2, 0.25) is 0 Å². The number of hydrogen-bond acceptors (Lipinski definition) is 3. The topological polar surface area (TPSA) is 38.1 Å². The van der Waals surface area contributed by atoms with Gasteiger partial charge >= 0.3 is 0 Å². The molecule has 0 aliphatic heterocycles. The van der Waals surface area contributed by atoms with Gasteiger partial charge in [0.05, 0.1) is 5.39 Å². The van der Waals surface area contributed by atoms with Crippen LogP contribution in [-0.4, -0.2) is 11.7 Å². The Bertz CT molecular complexity index is 464. The SMILES string of the molecule is C=C(Br)CNc1noc2ccccc12. The number of fused-ring (bicyclic) bond motifs is 1. The van der Waals surface area contributed by atoms with E-state index in [1.807, 2.05) is 24.3 Å². The Hall–Kier alpha value is -1.29. The lowest BCUT2D eigenvalue weighted by atomic mass is 10.2. The van der Waals surface area contributed by atoms with Crippen LogP contribution in [0, 0.1) is 0 Å². The smallest absolute Gasteiger partial charge is 0.177 e. The second-order valence-electron chi connectivity index (χ2n) is 2.90. The first kappa shape index (κ1) is 9.27. The molecule has 0 aliphatic rings. The van der Waals surface area contributed by atoms with Crippen LogP contribution in [0.4, 0.5) is 5.82 Å². The predicted octanol–water partition coefficient (Wildman–Crippen LogP) is 3.15. The third-order valence-corrected chi connectivity index (χ3v) is 2.11. The van der Waals surface area contributed by atoms with E-state index in [9.17, 15) is 0 Å². The largest absolute Gasteiger partial charge is 0.362 e. The summed E-state index contributed by atoms with van der Waals surface area (Å²) in [5.74, 6) is 0.751. The molecule has 1 aromatic carbocycles. The second-order valence-corrected chi connectivity index (χ2v) is 4.02. The Morgan fingerprint density at radius 2 is 2.29 bits per heavy atom. The fraction of sp³-hybridized carbons (Fsp3) is 0.100. The number of rotatable bonds is 3. The van der Waals surface area contributed by atoms with Gasteiger partial charge in [-0.2, -0.15) is 0 Å². The van der Waals surface area contributed by atoms with Gasteiger partial charge in [-0.25, -0.2) is 0 Å². The second kappa shape index (κ2) is 3.84. The number of para-hydroxylation sites is 1. The van der Waals surface area contributed by atoms with E-state index >= 15 is 0 Å². The zero-order valence-electron chi connectivity index (χ0n) is 7.46. The molecule has 3 nitrogen and oxygen atoms in total. The maximum Gasteiger partial charge on any atom is 0.177 e. The molecule has 0 aliphatic carbocycles. The van der Waals surface area contributed by atoms with E-state index in [1.165, 1.54) is 0 Å². The van der Waals surface area contributed by atoms with Gasteiger partial charge in [0.25, 0.3) is 0 Å². The molecule has 0 amide bonds. The minimum atomic E-state index is 0.635. The van der Waals surface area contributed by atoms with Crippen molar-refractivity contribution in [3.8, 4) is 0 Å². The van der Waals surface area contributed by atoms with Gasteiger partial charge in [-0.3, -0.25) is 0 Å². The van der Waals surface area contributed by atoms with E-state index < -0.39 is 0 Å². The maximum atomic E-state index is 5.12. The molecule has 14 heavy (non-hydrogen) atoms. The molecule has 0 saturated heterocycles. The number of halogens is 1. The van der Waals surface area contributed by atoms with Gasteiger partial charge in [-0.05, 0) is 12.1 Å². The first-order valence-electron chi connectivity index (χ1n) is 4.19. The minimum absolute atomic E-state index is 0.635. The summed E-state index contributed by atoms with van der Waals surface area (Å²) in [5, 5.41) is 8.02. The molecule has 0 saturated carbocycles. The van der Waals surface area contributed by atoms with Crippen molar-refractivity contribution in [3.05, 3.63) is 35.3 Å². The van der Waals surface area contributed by atoms with Crippen LogP contribution in [0.15, 0.2) is 39.8 Å². The van der Waals surface area contributed by atoms with Gasteiger partial charge in [-0.1, -0.05) is 39.8 Å². The van der Waals surface area contributed by atoms with Crippen LogP contribution in [-0.2, 0) is 0 Å². The summed E-state index contributed by atoms with van der Waals surface area (Å²) in [5.41, 5.74) is 0.787. The molecule has 0 atom stereocenters. The highest BCUT2D eigenvalue weighted by Crippen LogP contribution is 2.22. The number of aromatic nitrogens is 1. The standard InChI is InChI=1S/C10H9BrN2O/c1-7(11)6-12-10-8-4-2-3-5-9(8)14-13-10/h2-5H,1,6H2,(H,12,13). The maximum absolute atomic E-state index is 5.12. The molecular formula is C10H9BrN2O. The van der Waals surface area contributed by atoms with Crippen molar-refractivity contribution >= 4 is 32.7 Å². The summed E-state index contributed by atoms with van der Waals surface area (Å²) in [6.45, 7) is 4.37. The summed E-state index contributed by atoms with van der Waals surface area (Å²) in [6, 6.07) is 7.72. The molecule has 0 bridgehead atoms. The van der Waals surface area contributed by atoms with Gasteiger partial charge in [0, 0.05) is 11.0 Å². The third-order valence-electron chi connectivity index (χ3n) is 1.83. The normalized spacial score (nSPS) is 10.4. The van der Waals surface area contributed by atoms with Crippen LogP contribution < -0.4 is 5.32 Å². The minimum Gasteiger partial charge on any atom is -0.362 e. The van der Waals surface area contributed by atoms with E-state index in [4.69, 9.17) is 4.52 Å². The van der Waals surface area contributed by atoms with Crippen LogP contribution in [0.1, 0.15) is 0 Å². The molecule has 2 rings (SSSR count). The first-order valence-corrected chi connectivity index (χ1v) is 4.98. The van der Waals surface area contributed by atoms with E-state index in [1.54, 1.807) is 0 Å². The Morgan fingerprint density at radius 1 is 1.50 bits per heavy atom. The highest BCUT2D eigenvalue weighted by molar-refractivity contribution is 9.11. The highest BCUT2D eigenvalue weighted by Gasteiger charge is 2.05. The molecular weight excluding hydrogens is 244 g/mol. The van der Waals surface area contributed by atoms with Crippen molar-refractivity contribution in [2.24, 2.45) is 0 Å². The van der Waals surface area contributed by atoms with E-state index in [-0.39, 0.29) is 0 Å².